The van der Waals surface area contributed by atoms with Gasteiger partial charge in [-0.3, -0.25) is 0 Å². The van der Waals surface area contributed by atoms with Gasteiger partial charge in [0.25, 0.3) is 0 Å². The van der Waals surface area contributed by atoms with E-state index < -0.39 is 0 Å². The lowest BCUT2D eigenvalue weighted by molar-refractivity contribution is 0.00393. The molecule has 0 saturated carbocycles. The summed E-state index contributed by atoms with van der Waals surface area (Å²) in [6, 6.07) is 14.3. The summed E-state index contributed by atoms with van der Waals surface area (Å²) >= 11 is 12.1. The maximum absolute atomic E-state index is 12.3. The van der Waals surface area contributed by atoms with Crippen molar-refractivity contribution in [3.63, 3.8) is 0 Å². The third-order valence-electron chi connectivity index (χ3n) is 3.76. The van der Waals surface area contributed by atoms with Gasteiger partial charge in [0.2, 0.25) is 0 Å². The van der Waals surface area contributed by atoms with E-state index in [4.69, 9.17) is 27.9 Å². The first-order chi connectivity index (χ1) is 10.6. The molecule has 1 heterocycles. The van der Waals surface area contributed by atoms with Crippen LogP contribution < -0.4 is 5.32 Å². The van der Waals surface area contributed by atoms with Crippen LogP contribution in [-0.2, 0) is 4.74 Å². The normalized spacial score (nSPS) is 15.2. The number of carbonyl (C=O) groups is 1. The van der Waals surface area contributed by atoms with Crippen molar-refractivity contribution in [2.24, 2.45) is 5.92 Å². The Labute approximate surface area is 151 Å². The number of esters is 1. The lowest BCUT2D eigenvalue weighted by Gasteiger charge is -2.34. The molecule has 1 atom stereocenters. The van der Waals surface area contributed by atoms with Crippen LogP contribution in [0, 0.1) is 5.92 Å². The smallest absolute Gasteiger partial charge is 0.338 e. The summed E-state index contributed by atoms with van der Waals surface area (Å²) in [5.41, 5.74) is 1.41. The first-order valence-corrected chi connectivity index (χ1v) is 7.82. The standard InChI is InChI=1S/C17H15Cl2NO2.ClH/c18-14-7-6-12(8-15(14)19)16(13-9-20-10-13)22-17(21)11-4-2-1-3-5-11;/h1-8,13,16,20H,9-10H2;1H/t16-;/m1./s1. The Morgan fingerprint density at radius 2 is 1.78 bits per heavy atom. The van der Waals surface area contributed by atoms with Crippen LogP contribution in [0.15, 0.2) is 48.5 Å². The van der Waals surface area contributed by atoms with E-state index >= 15 is 0 Å². The number of nitrogens with one attached hydrogen (secondary N) is 1. The van der Waals surface area contributed by atoms with Gasteiger partial charge in [-0.1, -0.05) is 47.5 Å². The van der Waals surface area contributed by atoms with Crippen molar-refractivity contribution >= 4 is 41.6 Å². The molecule has 1 aliphatic heterocycles. The van der Waals surface area contributed by atoms with Gasteiger partial charge in [-0.25, -0.2) is 4.79 Å². The Kier molecular flexibility index (Phi) is 6.31. The second kappa shape index (κ2) is 8.02. The highest BCUT2D eigenvalue weighted by molar-refractivity contribution is 6.42. The number of halogens is 3. The van der Waals surface area contributed by atoms with Gasteiger partial charge in [-0.2, -0.15) is 0 Å². The highest BCUT2D eigenvalue weighted by atomic mass is 35.5. The minimum atomic E-state index is -0.330. The first kappa shape index (κ1) is 18.1. The van der Waals surface area contributed by atoms with Crippen LogP contribution >= 0.6 is 35.6 Å². The van der Waals surface area contributed by atoms with Gasteiger partial charge in [0.05, 0.1) is 15.6 Å². The van der Waals surface area contributed by atoms with E-state index in [1.165, 1.54) is 0 Å². The first-order valence-electron chi connectivity index (χ1n) is 7.07. The second-order valence-corrected chi connectivity index (χ2v) is 6.10. The number of hydrogen-bond acceptors (Lipinski definition) is 3. The Morgan fingerprint density at radius 3 is 2.35 bits per heavy atom. The Hall–Kier alpha value is -1.26. The van der Waals surface area contributed by atoms with Crippen LogP contribution in [0.3, 0.4) is 0 Å². The zero-order valence-corrected chi connectivity index (χ0v) is 14.5. The molecule has 2 aromatic rings. The van der Waals surface area contributed by atoms with Crippen LogP contribution in [-0.4, -0.2) is 19.1 Å². The second-order valence-electron chi connectivity index (χ2n) is 5.28. The predicted molar refractivity (Wildman–Crippen MR) is 94.7 cm³/mol. The molecule has 0 radical (unpaired) electrons. The largest absolute Gasteiger partial charge is 0.453 e. The van der Waals surface area contributed by atoms with Crippen LogP contribution in [0.1, 0.15) is 22.0 Å². The minimum absolute atomic E-state index is 0. The van der Waals surface area contributed by atoms with E-state index in [2.05, 4.69) is 5.32 Å². The fourth-order valence-electron chi connectivity index (χ4n) is 2.41. The van der Waals surface area contributed by atoms with E-state index in [0.29, 0.717) is 15.6 Å². The molecular formula is C17H16Cl3NO2. The molecule has 0 unspecified atom stereocenters. The van der Waals surface area contributed by atoms with Crippen molar-refractivity contribution in [2.45, 2.75) is 6.10 Å². The Bertz CT molecular complexity index is 675. The zero-order chi connectivity index (χ0) is 15.5. The molecule has 6 heteroatoms. The number of benzene rings is 2. The predicted octanol–water partition coefficient (Wildman–Crippen LogP) is 4.53. The molecule has 23 heavy (non-hydrogen) atoms. The quantitative estimate of drug-likeness (QED) is 0.801. The minimum Gasteiger partial charge on any atom is -0.453 e. The van der Waals surface area contributed by atoms with Gasteiger partial charge < -0.3 is 10.1 Å². The topological polar surface area (TPSA) is 38.3 Å². The van der Waals surface area contributed by atoms with Gasteiger partial charge in [-0.05, 0) is 29.8 Å². The lowest BCUT2D eigenvalue weighted by atomic mass is 9.91. The number of hydrogen-bond donors (Lipinski definition) is 1. The Balaban J connectivity index is 0.00000192. The fraction of sp³-hybridized carbons (Fsp3) is 0.235. The molecule has 1 saturated heterocycles. The van der Waals surface area contributed by atoms with Gasteiger partial charge >= 0.3 is 5.97 Å². The molecule has 1 aliphatic rings. The van der Waals surface area contributed by atoms with Crippen LogP contribution in [0.2, 0.25) is 10.0 Å². The molecule has 0 bridgehead atoms. The van der Waals surface area contributed by atoms with Crippen LogP contribution in [0.4, 0.5) is 0 Å². The van der Waals surface area contributed by atoms with Gasteiger partial charge in [0.15, 0.2) is 0 Å². The van der Waals surface area contributed by atoms with E-state index in [1.807, 2.05) is 24.3 Å². The van der Waals surface area contributed by atoms with Crippen LogP contribution in [0.25, 0.3) is 0 Å². The molecule has 0 aliphatic carbocycles. The molecule has 3 rings (SSSR count). The maximum Gasteiger partial charge on any atom is 0.338 e. The monoisotopic (exact) mass is 371 g/mol. The fourth-order valence-corrected chi connectivity index (χ4v) is 2.71. The zero-order valence-electron chi connectivity index (χ0n) is 12.2. The van der Waals surface area contributed by atoms with Gasteiger partial charge in [0, 0.05) is 19.0 Å². The van der Waals surface area contributed by atoms with Crippen molar-refractivity contribution in [3.8, 4) is 0 Å². The maximum atomic E-state index is 12.3. The molecule has 1 N–H and O–H groups in total. The number of ether oxygens (including phenoxy) is 1. The average molecular weight is 373 g/mol. The molecule has 122 valence electrons. The lowest BCUT2D eigenvalue weighted by Crippen LogP contribution is -2.46. The summed E-state index contributed by atoms with van der Waals surface area (Å²) in [6.45, 7) is 1.62. The molecular weight excluding hydrogens is 357 g/mol. The van der Waals surface area contributed by atoms with Crippen molar-refractivity contribution in [3.05, 3.63) is 69.7 Å². The summed E-state index contributed by atoms with van der Waals surface area (Å²) in [6.07, 6.45) is -0.330. The van der Waals surface area contributed by atoms with Crippen molar-refractivity contribution in [1.82, 2.24) is 5.32 Å². The highest BCUT2D eigenvalue weighted by Gasteiger charge is 2.32. The van der Waals surface area contributed by atoms with Crippen molar-refractivity contribution < 1.29 is 9.53 Å². The Morgan fingerprint density at radius 1 is 1.09 bits per heavy atom. The summed E-state index contributed by atoms with van der Waals surface area (Å²) in [7, 11) is 0. The van der Waals surface area contributed by atoms with E-state index in [1.54, 1.807) is 24.3 Å². The number of carbonyl (C=O) groups excluding carboxylic acids is 1. The third kappa shape index (κ3) is 4.18. The summed E-state index contributed by atoms with van der Waals surface area (Å²) in [4.78, 5) is 12.3. The number of rotatable bonds is 4. The SMILES string of the molecule is Cl.O=C(O[C@H](c1ccc(Cl)c(Cl)c1)C1CNC1)c1ccccc1. The van der Waals surface area contributed by atoms with Gasteiger partial charge in [-0.15, -0.1) is 12.4 Å². The van der Waals surface area contributed by atoms with Crippen molar-refractivity contribution in [2.75, 3.05) is 13.1 Å². The van der Waals surface area contributed by atoms with Crippen LogP contribution in [0.5, 0.6) is 0 Å². The molecule has 0 spiro atoms. The molecule has 3 nitrogen and oxygen atoms in total. The summed E-state index contributed by atoms with van der Waals surface area (Å²) < 4.78 is 5.74. The summed E-state index contributed by atoms with van der Waals surface area (Å²) in [5.74, 6) is -0.0894. The van der Waals surface area contributed by atoms with Gasteiger partial charge in [0.1, 0.15) is 6.10 Å². The van der Waals surface area contributed by atoms with E-state index in [0.717, 1.165) is 18.7 Å². The van der Waals surface area contributed by atoms with E-state index in [-0.39, 0.29) is 30.4 Å². The average Bonchev–Trinajstić information content (AvgIpc) is 2.48. The molecule has 0 amide bonds. The third-order valence-corrected chi connectivity index (χ3v) is 4.50. The molecule has 1 fully saturated rings. The molecule has 2 aromatic carbocycles. The molecule has 0 aromatic heterocycles. The van der Waals surface area contributed by atoms with Crippen molar-refractivity contribution in [1.29, 1.82) is 0 Å². The highest BCUT2D eigenvalue weighted by Crippen LogP contribution is 2.33. The van der Waals surface area contributed by atoms with E-state index in [9.17, 15) is 4.79 Å². The summed E-state index contributed by atoms with van der Waals surface area (Å²) in [5, 5.41) is 4.16.